The van der Waals surface area contributed by atoms with Crippen LogP contribution in [0.1, 0.15) is 36.0 Å². The molecule has 1 amide bonds. The maximum absolute atomic E-state index is 13.0. The number of para-hydroxylation sites is 1. The van der Waals surface area contributed by atoms with Gasteiger partial charge in [-0.3, -0.25) is 9.59 Å². The predicted molar refractivity (Wildman–Crippen MR) is 130 cm³/mol. The van der Waals surface area contributed by atoms with Crippen molar-refractivity contribution in [2.24, 2.45) is 4.99 Å². The molecule has 0 radical (unpaired) electrons. The summed E-state index contributed by atoms with van der Waals surface area (Å²) in [7, 11) is -2.33. The molecule has 1 aliphatic rings. The number of sulfonamides is 1. The van der Waals surface area contributed by atoms with Crippen molar-refractivity contribution in [2.75, 3.05) is 20.2 Å². The molecule has 1 aliphatic heterocycles. The van der Waals surface area contributed by atoms with E-state index in [1.54, 1.807) is 16.7 Å². The third-order valence-corrected chi connectivity index (χ3v) is 8.93. The van der Waals surface area contributed by atoms with Crippen molar-refractivity contribution in [1.82, 2.24) is 8.87 Å². The molecule has 0 saturated carbocycles. The van der Waals surface area contributed by atoms with Crippen molar-refractivity contribution < 1.29 is 22.7 Å². The largest absolute Gasteiger partial charge is 0.468 e. The lowest BCUT2D eigenvalue weighted by Crippen LogP contribution is -2.31. The second kappa shape index (κ2) is 10.4. The molecule has 0 N–H and O–H groups in total. The summed E-state index contributed by atoms with van der Waals surface area (Å²) in [6, 6.07) is 11.1. The molecule has 11 heteroatoms. The summed E-state index contributed by atoms with van der Waals surface area (Å²) in [5.74, 6) is -1.06. The fourth-order valence-corrected chi connectivity index (χ4v) is 6.77. The maximum Gasteiger partial charge on any atom is 0.325 e. The monoisotopic (exact) mass is 521 g/mol. The van der Waals surface area contributed by atoms with Gasteiger partial charge in [-0.05, 0) is 49.2 Å². The van der Waals surface area contributed by atoms with Gasteiger partial charge in [0.25, 0.3) is 5.91 Å². The Morgan fingerprint density at radius 2 is 1.74 bits per heavy atom. The van der Waals surface area contributed by atoms with Crippen LogP contribution in [0.4, 0.5) is 0 Å². The second-order valence-electron chi connectivity index (χ2n) is 7.89. The molecule has 0 atom stereocenters. The van der Waals surface area contributed by atoms with Gasteiger partial charge in [-0.25, -0.2) is 8.42 Å². The van der Waals surface area contributed by atoms with Crippen LogP contribution >= 0.6 is 22.9 Å². The smallest absolute Gasteiger partial charge is 0.325 e. The van der Waals surface area contributed by atoms with Gasteiger partial charge in [-0.1, -0.05) is 41.8 Å². The van der Waals surface area contributed by atoms with E-state index in [1.165, 1.54) is 47.0 Å². The molecule has 3 aromatic rings. The zero-order valence-corrected chi connectivity index (χ0v) is 21.0. The van der Waals surface area contributed by atoms with E-state index in [4.69, 9.17) is 16.3 Å². The van der Waals surface area contributed by atoms with Crippen LogP contribution in [0, 0.1) is 0 Å². The molecule has 0 bridgehead atoms. The van der Waals surface area contributed by atoms with Crippen molar-refractivity contribution in [3.05, 3.63) is 57.9 Å². The molecule has 2 aromatic carbocycles. The highest BCUT2D eigenvalue weighted by Crippen LogP contribution is 2.26. The van der Waals surface area contributed by atoms with Crippen LogP contribution in [0.15, 0.2) is 52.4 Å². The second-order valence-corrected chi connectivity index (χ2v) is 11.2. The number of hydrogen-bond acceptors (Lipinski definition) is 6. The molecule has 0 unspecified atom stereocenters. The molecule has 1 aromatic heterocycles. The van der Waals surface area contributed by atoms with Crippen molar-refractivity contribution >= 4 is 55.1 Å². The summed E-state index contributed by atoms with van der Waals surface area (Å²) in [6.07, 6.45) is 3.75. The maximum atomic E-state index is 13.0. The molecule has 180 valence electrons. The first-order valence-electron chi connectivity index (χ1n) is 10.8. The van der Waals surface area contributed by atoms with Gasteiger partial charge < -0.3 is 9.30 Å². The van der Waals surface area contributed by atoms with Crippen molar-refractivity contribution in [2.45, 2.75) is 37.1 Å². The SMILES string of the molecule is COC(=O)Cn1c(=NC(=O)c2ccc(S(=O)(=O)N3CCCCCC3)cc2)sc2cccc(Cl)c21. The van der Waals surface area contributed by atoms with E-state index in [0.717, 1.165) is 30.4 Å². The summed E-state index contributed by atoms with van der Waals surface area (Å²) in [5, 5.41) is 0.426. The highest BCUT2D eigenvalue weighted by molar-refractivity contribution is 7.89. The molecule has 8 nitrogen and oxygen atoms in total. The topological polar surface area (TPSA) is 98.0 Å². The number of benzene rings is 2. The lowest BCUT2D eigenvalue weighted by atomic mass is 10.2. The van der Waals surface area contributed by atoms with E-state index < -0.39 is 21.9 Å². The van der Waals surface area contributed by atoms with Crippen LogP contribution < -0.4 is 4.80 Å². The first-order valence-corrected chi connectivity index (χ1v) is 13.5. The quantitative estimate of drug-likeness (QED) is 0.475. The molecule has 0 spiro atoms. The number of carbonyl (C=O) groups excluding carboxylic acids is 2. The van der Waals surface area contributed by atoms with E-state index >= 15 is 0 Å². The number of aromatic nitrogens is 1. The Balaban J connectivity index is 1.66. The molecule has 1 fully saturated rings. The predicted octanol–water partition coefficient (Wildman–Crippen LogP) is 3.84. The van der Waals surface area contributed by atoms with E-state index in [0.29, 0.717) is 28.4 Å². The van der Waals surface area contributed by atoms with Crippen LogP contribution in [-0.2, 0) is 26.1 Å². The lowest BCUT2D eigenvalue weighted by Gasteiger charge is -2.19. The van der Waals surface area contributed by atoms with Gasteiger partial charge in [-0.15, -0.1) is 0 Å². The number of carbonyl (C=O) groups is 2. The number of fused-ring (bicyclic) bond motifs is 1. The average Bonchev–Trinajstić information content (AvgIpc) is 3.00. The minimum Gasteiger partial charge on any atom is -0.468 e. The summed E-state index contributed by atoms with van der Waals surface area (Å²) in [5.41, 5.74) is 0.827. The summed E-state index contributed by atoms with van der Waals surface area (Å²) < 4.78 is 34.6. The van der Waals surface area contributed by atoms with Gasteiger partial charge in [-0.2, -0.15) is 9.30 Å². The van der Waals surface area contributed by atoms with Gasteiger partial charge in [0.05, 0.1) is 27.2 Å². The minimum absolute atomic E-state index is 0.153. The Morgan fingerprint density at radius 3 is 2.38 bits per heavy atom. The van der Waals surface area contributed by atoms with Crippen LogP contribution in [0.5, 0.6) is 0 Å². The Labute approximate surface area is 206 Å². The highest BCUT2D eigenvalue weighted by Gasteiger charge is 2.25. The normalized spacial score (nSPS) is 15.9. The van der Waals surface area contributed by atoms with Gasteiger partial charge in [0, 0.05) is 18.7 Å². The number of esters is 1. The van der Waals surface area contributed by atoms with E-state index in [9.17, 15) is 18.0 Å². The Morgan fingerprint density at radius 1 is 1.06 bits per heavy atom. The molecule has 1 saturated heterocycles. The number of hydrogen-bond donors (Lipinski definition) is 0. The lowest BCUT2D eigenvalue weighted by molar-refractivity contribution is -0.141. The number of rotatable bonds is 5. The number of methoxy groups -OCH3 is 1. The number of nitrogens with zero attached hydrogens (tertiary/aromatic N) is 3. The molecular weight excluding hydrogens is 498 g/mol. The Kier molecular flexibility index (Phi) is 7.51. The van der Waals surface area contributed by atoms with Crippen LogP contribution in [-0.4, -0.2) is 49.4 Å². The summed E-state index contributed by atoms with van der Waals surface area (Å²) in [6.45, 7) is 0.861. The van der Waals surface area contributed by atoms with Crippen molar-refractivity contribution in [3.63, 3.8) is 0 Å². The number of ether oxygens (including phenoxy) is 1. The Hall–Kier alpha value is -2.53. The van der Waals surface area contributed by atoms with E-state index in [1.807, 2.05) is 6.07 Å². The van der Waals surface area contributed by atoms with Crippen molar-refractivity contribution in [3.8, 4) is 0 Å². The van der Waals surface area contributed by atoms with E-state index in [2.05, 4.69) is 4.99 Å². The fourth-order valence-electron chi connectivity index (χ4n) is 3.86. The molecule has 4 rings (SSSR count). The number of amides is 1. The average molecular weight is 522 g/mol. The minimum atomic E-state index is -3.61. The van der Waals surface area contributed by atoms with Gasteiger partial charge in [0.1, 0.15) is 6.54 Å². The van der Waals surface area contributed by atoms with Crippen LogP contribution in [0.2, 0.25) is 5.02 Å². The molecule has 34 heavy (non-hydrogen) atoms. The molecule has 2 heterocycles. The van der Waals surface area contributed by atoms with Gasteiger partial charge in [0.15, 0.2) is 4.80 Å². The number of halogens is 1. The van der Waals surface area contributed by atoms with E-state index in [-0.39, 0.29) is 17.0 Å². The van der Waals surface area contributed by atoms with Crippen LogP contribution in [0.3, 0.4) is 0 Å². The first-order chi connectivity index (χ1) is 16.3. The van der Waals surface area contributed by atoms with Crippen molar-refractivity contribution in [1.29, 1.82) is 0 Å². The summed E-state index contributed by atoms with van der Waals surface area (Å²) >= 11 is 7.56. The van der Waals surface area contributed by atoms with Gasteiger partial charge >= 0.3 is 5.97 Å². The third kappa shape index (κ3) is 5.10. The molecule has 0 aliphatic carbocycles. The Bertz CT molecular complexity index is 1390. The highest BCUT2D eigenvalue weighted by atomic mass is 35.5. The zero-order chi connectivity index (χ0) is 24.3. The van der Waals surface area contributed by atoms with Crippen LogP contribution in [0.25, 0.3) is 10.2 Å². The molecular formula is C23H24ClN3O5S2. The standard InChI is InChI=1S/C23H24ClN3O5S2/c1-32-20(28)15-27-21-18(24)7-6-8-19(21)33-23(27)25-22(29)16-9-11-17(12-10-16)34(30,31)26-13-4-2-3-5-14-26/h6-12H,2-5,13-15H2,1H3. The number of thiazole rings is 1. The zero-order valence-electron chi connectivity index (χ0n) is 18.6. The first kappa shape index (κ1) is 24.6. The van der Waals surface area contributed by atoms with Gasteiger partial charge in [0.2, 0.25) is 10.0 Å². The third-order valence-electron chi connectivity index (χ3n) is 5.67. The summed E-state index contributed by atoms with van der Waals surface area (Å²) in [4.78, 5) is 29.5. The fraction of sp³-hybridized carbons (Fsp3) is 0.348.